The number of rotatable bonds is 1. The Bertz CT molecular complexity index is 478. The van der Waals surface area contributed by atoms with Crippen molar-refractivity contribution >= 4 is 15.9 Å². The second-order valence-corrected chi connectivity index (χ2v) is 4.80. The SMILES string of the molecule is Cc1ccc(Br)cc1-n1c(C)ccc1C. The van der Waals surface area contributed by atoms with Crippen LogP contribution in [0.2, 0.25) is 0 Å². The molecule has 0 aliphatic rings. The van der Waals surface area contributed by atoms with Crippen LogP contribution in [0.5, 0.6) is 0 Å². The van der Waals surface area contributed by atoms with Gasteiger partial charge in [-0.25, -0.2) is 0 Å². The first-order chi connectivity index (χ1) is 7.09. The Morgan fingerprint density at radius 2 is 1.53 bits per heavy atom. The van der Waals surface area contributed by atoms with Crippen molar-refractivity contribution in [1.29, 1.82) is 0 Å². The Morgan fingerprint density at radius 3 is 2.13 bits per heavy atom. The minimum absolute atomic E-state index is 1.12. The van der Waals surface area contributed by atoms with E-state index in [1.807, 2.05) is 0 Å². The van der Waals surface area contributed by atoms with Gasteiger partial charge in [-0.1, -0.05) is 22.0 Å². The highest BCUT2D eigenvalue weighted by atomic mass is 79.9. The summed E-state index contributed by atoms with van der Waals surface area (Å²) < 4.78 is 3.40. The van der Waals surface area contributed by atoms with E-state index in [2.05, 4.69) is 71.6 Å². The fourth-order valence-electron chi connectivity index (χ4n) is 1.87. The van der Waals surface area contributed by atoms with Crippen LogP contribution >= 0.6 is 15.9 Å². The summed E-state index contributed by atoms with van der Waals surface area (Å²) in [6.45, 7) is 6.40. The molecular formula is C13H14BrN. The molecule has 1 aromatic carbocycles. The average Bonchev–Trinajstić information content (AvgIpc) is 2.51. The third-order valence-electron chi connectivity index (χ3n) is 2.68. The van der Waals surface area contributed by atoms with Gasteiger partial charge in [0.15, 0.2) is 0 Å². The van der Waals surface area contributed by atoms with E-state index in [1.54, 1.807) is 0 Å². The molecule has 0 unspecified atom stereocenters. The number of benzene rings is 1. The van der Waals surface area contributed by atoms with Crippen LogP contribution < -0.4 is 0 Å². The maximum Gasteiger partial charge on any atom is 0.0495 e. The fourth-order valence-corrected chi connectivity index (χ4v) is 2.22. The van der Waals surface area contributed by atoms with Crippen molar-refractivity contribution in [3.05, 3.63) is 51.8 Å². The molecule has 0 saturated carbocycles. The Hall–Kier alpha value is -1.02. The zero-order chi connectivity index (χ0) is 11.0. The molecule has 2 rings (SSSR count). The fraction of sp³-hybridized carbons (Fsp3) is 0.231. The summed E-state index contributed by atoms with van der Waals surface area (Å²) in [4.78, 5) is 0. The van der Waals surface area contributed by atoms with Crippen molar-refractivity contribution in [2.75, 3.05) is 0 Å². The first-order valence-corrected chi connectivity index (χ1v) is 5.80. The van der Waals surface area contributed by atoms with E-state index in [0.29, 0.717) is 0 Å². The highest BCUT2D eigenvalue weighted by Gasteiger charge is 2.06. The molecule has 0 aliphatic heterocycles. The molecule has 2 heteroatoms. The molecule has 0 aliphatic carbocycles. The van der Waals surface area contributed by atoms with Crippen LogP contribution in [0, 0.1) is 20.8 Å². The predicted molar refractivity (Wildman–Crippen MR) is 67.7 cm³/mol. The summed E-state index contributed by atoms with van der Waals surface area (Å²) >= 11 is 3.52. The second-order valence-electron chi connectivity index (χ2n) is 3.88. The highest BCUT2D eigenvalue weighted by molar-refractivity contribution is 9.10. The van der Waals surface area contributed by atoms with Gasteiger partial charge >= 0.3 is 0 Å². The molecule has 0 bridgehead atoms. The molecule has 1 aromatic heterocycles. The van der Waals surface area contributed by atoms with E-state index in [4.69, 9.17) is 0 Å². The first-order valence-electron chi connectivity index (χ1n) is 5.01. The van der Waals surface area contributed by atoms with Crippen LogP contribution in [0.15, 0.2) is 34.8 Å². The Labute approximate surface area is 98.9 Å². The number of aromatic nitrogens is 1. The quantitative estimate of drug-likeness (QED) is 0.728. The maximum absolute atomic E-state index is 3.52. The molecule has 2 aromatic rings. The third-order valence-corrected chi connectivity index (χ3v) is 3.18. The van der Waals surface area contributed by atoms with Crippen LogP contribution in [0.4, 0.5) is 0 Å². The van der Waals surface area contributed by atoms with Gasteiger partial charge in [-0.3, -0.25) is 0 Å². The lowest BCUT2D eigenvalue weighted by Gasteiger charge is -2.12. The van der Waals surface area contributed by atoms with E-state index >= 15 is 0 Å². The lowest BCUT2D eigenvalue weighted by atomic mass is 10.2. The lowest BCUT2D eigenvalue weighted by Crippen LogP contribution is -2.00. The van der Waals surface area contributed by atoms with E-state index in [1.165, 1.54) is 22.6 Å². The molecule has 0 fully saturated rings. The third kappa shape index (κ3) is 1.86. The summed E-state index contributed by atoms with van der Waals surface area (Å²) in [6.07, 6.45) is 0. The molecule has 0 N–H and O–H groups in total. The number of hydrogen-bond acceptors (Lipinski definition) is 0. The van der Waals surface area contributed by atoms with E-state index in [-0.39, 0.29) is 0 Å². The van der Waals surface area contributed by atoms with Crippen molar-refractivity contribution in [2.45, 2.75) is 20.8 Å². The van der Waals surface area contributed by atoms with E-state index in [9.17, 15) is 0 Å². The van der Waals surface area contributed by atoms with Gasteiger partial charge in [0.25, 0.3) is 0 Å². The zero-order valence-electron chi connectivity index (χ0n) is 9.21. The van der Waals surface area contributed by atoms with Gasteiger partial charge in [-0.2, -0.15) is 0 Å². The smallest absolute Gasteiger partial charge is 0.0495 e. The summed E-state index contributed by atoms with van der Waals surface area (Å²) in [6, 6.07) is 10.7. The Kier molecular flexibility index (Phi) is 2.70. The molecule has 78 valence electrons. The van der Waals surface area contributed by atoms with Crippen LogP contribution in [0.25, 0.3) is 5.69 Å². The van der Waals surface area contributed by atoms with Crippen molar-refractivity contribution in [2.24, 2.45) is 0 Å². The van der Waals surface area contributed by atoms with Gasteiger partial charge in [0.2, 0.25) is 0 Å². The molecule has 15 heavy (non-hydrogen) atoms. The minimum Gasteiger partial charge on any atom is -0.318 e. The number of aryl methyl sites for hydroxylation is 3. The van der Waals surface area contributed by atoms with Crippen LogP contribution in [-0.2, 0) is 0 Å². The molecule has 0 amide bonds. The molecule has 1 heterocycles. The second kappa shape index (κ2) is 3.86. The van der Waals surface area contributed by atoms with Gasteiger partial charge in [0.05, 0.1) is 0 Å². The number of halogens is 1. The van der Waals surface area contributed by atoms with Crippen LogP contribution in [0.1, 0.15) is 17.0 Å². The summed E-state index contributed by atoms with van der Waals surface area (Å²) in [7, 11) is 0. The Morgan fingerprint density at radius 1 is 0.933 bits per heavy atom. The molecule has 1 nitrogen and oxygen atoms in total. The van der Waals surface area contributed by atoms with Crippen molar-refractivity contribution in [1.82, 2.24) is 4.57 Å². The number of nitrogens with zero attached hydrogens (tertiary/aromatic N) is 1. The van der Waals surface area contributed by atoms with E-state index in [0.717, 1.165) is 4.47 Å². The lowest BCUT2D eigenvalue weighted by molar-refractivity contribution is 0.954. The van der Waals surface area contributed by atoms with Gasteiger partial charge < -0.3 is 4.57 Å². The molecule has 0 spiro atoms. The standard InChI is InChI=1S/C13H14BrN/c1-9-4-7-12(14)8-13(9)15-10(2)5-6-11(15)3/h4-8H,1-3H3. The van der Waals surface area contributed by atoms with Gasteiger partial charge in [-0.05, 0) is 50.6 Å². The normalized spacial score (nSPS) is 10.7. The van der Waals surface area contributed by atoms with Crippen molar-refractivity contribution in [3.63, 3.8) is 0 Å². The van der Waals surface area contributed by atoms with Crippen LogP contribution in [0.3, 0.4) is 0 Å². The average molecular weight is 264 g/mol. The largest absolute Gasteiger partial charge is 0.318 e. The predicted octanol–water partition coefficient (Wildman–Crippen LogP) is 4.17. The highest BCUT2D eigenvalue weighted by Crippen LogP contribution is 2.23. The number of hydrogen-bond donors (Lipinski definition) is 0. The Balaban J connectivity index is 2.68. The topological polar surface area (TPSA) is 4.93 Å². The maximum atomic E-state index is 3.52. The first kappa shape index (κ1) is 10.5. The van der Waals surface area contributed by atoms with Crippen LogP contribution in [-0.4, -0.2) is 4.57 Å². The minimum atomic E-state index is 1.12. The molecule has 0 saturated heterocycles. The van der Waals surface area contributed by atoms with Crippen molar-refractivity contribution < 1.29 is 0 Å². The summed E-state index contributed by atoms with van der Waals surface area (Å²) in [5.74, 6) is 0. The monoisotopic (exact) mass is 263 g/mol. The molecule has 0 atom stereocenters. The van der Waals surface area contributed by atoms with Gasteiger partial charge in [-0.15, -0.1) is 0 Å². The molecule has 0 radical (unpaired) electrons. The molecular weight excluding hydrogens is 250 g/mol. The zero-order valence-corrected chi connectivity index (χ0v) is 10.8. The van der Waals surface area contributed by atoms with Gasteiger partial charge in [0.1, 0.15) is 0 Å². The van der Waals surface area contributed by atoms with E-state index < -0.39 is 0 Å². The summed E-state index contributed by atoms with van der Waals surface area (Å²) in [5, 5.41) is 0. The van der Waals surface area contributed by atoms with Crippen molar-refractivity contribution in [3.8, 4) is 5.69 Å². The van der Waals surface area contributed by atoms with Gasteiger partial charge in [0, 0.05) is 21.5 Å². The summed E-state index contributed by atoms with van der Waals surface area (Å²) in [5.41, 5.74) is 5.09.